The lowest BCUT2D eigenvalue weighted by molar-refractivity contribution is 0.403. The summed E-state index contributed by atoms with van der Waals surface area (Å²) in [5.74, 6) is 0.538. The second-order valence-corrected chi connectivity index (χ2v) is 5.36. The van der Waals surface area contributed by atoms with Crippen molar-refractivity contribution in [3.8, 4) is 5.88 Å². The third-order valence-electron chi connectivity index (χ3n) is 2.05. The van der Waals surface area contributed by atoms with Crippen molar-refractivity contribution in [2.75, 3.05) is 7.11 Å². The van der Waals surface area contributed by atoms with Gasteiger partial charge in [0.1, 0.15) is 5.15 Å². The van der Waals surface area contributed by atoms with E-state index >= 15 is 0 Å². The average molecular weight is 356 g/mol. The van der Waals surface area contributed by atoms with Crippen molar-refractivity contribution in [1.82, 2.24) is 14.5 Å². The number of rotatable bonds is 2. The Morgan fingerprint density at radius 3 is 2.93 bits per heavy atom. The quantitative estimate of drug-likeness (QED) is 0.472. The Hall–Kier alpha value is -0.130. The predicted octanol–water partition coefficient (Wildman–Crippen LogP) is 3.19. The highest BCUT2D eigenvalue weighted by Gasteiger charge is 2.14. The molecule has 0 N–H and O–H groups in total. The van der Waals surface area contributed by atoms with Crippen LogP contribution >= 0.6 is 40.0 Å². The van der Waals surface area contributed by atoms with Gasteiger partial charge in [0.2, 0.25) is 5.88 Å². The van der Waals surface area contributed by atoms with Crippen molar-refractivity contribution in [3.63, 3.8) is 0 Å². The number of hydrogen-bond donors (Lipinski definition) is 0. The number of methoxy groups -OCH3 is 1. The van der Waals surface area contributed by atoms with Crippen molar-refractivity contribution in [2.24, 2.45) is 0 Å². The lowest BCUT2D eigenvalue weighted by atomic mass is 10.2. The molecule has 0 saturated carbocycles. The molecule has 1 atom stereocenters. The molecule has 0 aliphatic carbocycles. The molecule has 2 rings (SSSR count). The first-order chi connectivity index (χ1) is 7.17. The minimum Gasteiger partial charge on any atom is -0.480 e. The number of aromatic nitrogens is 3. The summed E-state index contributed by atoms with van der Waals surface area (Å²) in [7, 11) is 1.58. The van der Waals surface area contributed by atoms with Crippen LogP contribution in [0.4, 0.5) is 0 Å². The van der Waals surface area contributed by atoms with E-state index in [0.29, 0.717) is 17.4 Å². The van der Waals surface area contributed by atoms with Gasteiger partial charge in [0.15, 0.2) is 0 Å². The predicted molar refractivity (Wildman–Crippen MR) is 71.6 cm³/mol. The summed E-state index contributed by atoms with van der Waals surface area (Å²) in [4.78, 5) is 4.12. The van der Waals surface area contributed by atoms with Gasteiger partial charge in [0.25, 0.3) is 0 Å². The molecule has 0 fully saturated rings. The zero-order valence-electron chi connectivity index (χ0n) is 8.08. The van der Waals surface area contributed by atoms with E-state index in [1.54, 1.807) is 7.11 Å². The third kappa shape index (κ3) is 1.92. The van der Waals surface area contributed by atoms with Crippen molar-refractivity contribution < 1.29 is 4.74 Å². The van der Waals surface area contributed by atoms with Gasteiger partial charge in [-0.25, -0.2) is 9.44 Å². The lowest BCUT2D eigenvalue weighted by Crippen LogP contribution is -1.90. The molecule has 0 saturated heterocycles. The first-order valence-electron chi connectivity index (χ1n) is 4.14. The number of nitrogens with zero attached hydrogens (tertiary/aromatic N) is 3. The Morgan fingerprint density at radius 2 is 2.33 bits per heavy atom. The highest BCUT2D eigenvalue weighted by molar-refractivity contribution is 14.2. The van der Waals surface area contributed by atoms with E-state index in [9.17, 15) is 0 Å². The lowest BCUT2D eigenvalue weighted by Gasteiger charge is -2.02. The molecule has 2 aromatic heterocycles. The molecular formula is C8H8ClIN3OP. The second kappa shape index (κ2) is 4.39. The van der Waals surface area contributed by atoms with Gasteiger partial charge in [0, 0.05) is 6.07 Å². The minimum absolute atomic E-state index is 0.426. The summed E-state index contributed by atoms with van der Waals surface area (Å²) >= 11 is 8.18. The highest BCUT2D eigenvalue weighted by atomic mass is 127. The van der Waals surface area contributed by atoms with E-state index in [-0.39, 0.29) is 0 Å². The molecule has 1 unspecified atom stereocenters. The molecule has 7 heteroatoms. The van der Waals surface area contributed by atoms with Crippen molar-refractivity contribution in [1.29, 1.82) is 0 Å². The summed E-state index contributed by atoms with van der Waals surface area (Å²) in [6.07, 6.45) is 0.532. The van der Waals surface area contributed by atoms with Crippen LogP contribution in [0.2, 0.25) is 5.15 Å². The number of fused-ring (bicyclic) bond motifs is 1. The zero-order chi connectivity index (χ0) is 11.0. The Kier molecular flexibility index (Phi) is 3.33. The van der Waals surface area contributed by atoms with Crippen LogP contribution in [0.1, 0.15) is 5.69 Å². The number of hydrogen-bond acceptors (Lipinski definition) is 3. The fraction of sp³-hybridized carbons (Fsp3) is 0.250. The molecule has 15 heavy (non-hydrogen) atoms. The number of pyridine rings is 1. The minimum atomic E-state index is 0.426. The van der Waals surface area contributed by atoms with E-state index in [2.05, 4.69) is 32.1 Å². The fourth-order valence-electron chi connectivity index (χ4n) is 1.45. The van der Waals surface area contributed by atoms with E-state index in [1.165, 1.54) is 0 Å². The van der Waals surface area contributed by atoms with Gasteiger partial charge >= 0.3 is 0 Å². The first-order valence-corrected chi connectivity index (χ1v) is 8.58. The van der Waals surface area contributed by atoms with Crippen LogP contribution in [0.3, 0.4) is 0 Å². The highest BCUT2D eigenvalue weighted by Crippen LogP contribution is 2.35. The van der Waals surface area contributed by atoms with Crippen LogP contribution in [0.15, 0.2) is 6.07 Å². The van der Waals surface area contributed by atoms with Gasteiger partial charge < -0.3 is 4.74 Å². The molecule has 0 aliphatic heterocycles. The van der Waals surface area contributed by atoms with Crippen LogP contribution in [-0.2, 0) is 0 Å². The SMILES string of the molecule is COc1nc(Cl)cc2c1c(C)nn2PI. The molecule has 0 spiro atoms. The van der Waals surface area contributed by atoms with Crippen LogP contribution in [0, 0.1) is 6.92 Å². The standard InChI is InChI=1S/C8H8ClIN3OP/c1-4-7-5(13(12-4)15-10)3-6(9)11-8(7)14-2/h3,15H,1-2H3. The Morgan fingerprint density at radius 1 is 1.60 bits per heavy atom. The third-order valence-corrected chi connectivity index (χ3v) is 4.11. The molecule has 80 valence electrons. The smallest absolute Gasteiger partial charge is 0.226 e. The molecule has 0 aromatic carbocycles. The topological polar surface area (TPSA) is 39.9 Å². The molecule has 4 nitrogen and oxygen atoms in total. The largest absolute Gasteiger partial charge is 0.480 e. The second-order valence-electron chi connectivity index (χ2n) is 2.93. The van der Waals surface area contributed by atoms with Gasteiger partial charge in [-0.05, 0) is 29.0 Å². The van der Waals surface area contributed by atoms with Crippen molar-refractivity contribution in [3.05, 3.63) is 16.9 Å². The number of aryl methyl sites for hydroxylation is 1. The maximum Gasteiger partial charge on any atom is 0.226 e. The zero-order valence-corrected chi connectivity index (χ0v) is 12.0. The molecule has 0 amide bonds. The first kappa shape index (κ1) is 11.4. The van der Waals surface area contributed by atoms with E-state index < -0.39 is 0 Å². The molecular weight excluding hydrogens is 347 g/mol. The van der Waals surface area contributed by atoms with Gasteiger partial charge in [-0.1, -0.05) is 11.6 Å². The molecule has 0 radical (unpaired) electrons. The average Bonchev–Trinajstić information content (AvgIpc) is 2.54. The fourth-order valence-corrected chi connectivity index (χ4v) is 3.19. The maximum absolute atomic E-state index is 5.91. The Balaban J connectivity index is 2.85. The van der Waals surface area contributed by atoms with E-state index in [4.69, 9.17) is 16.3 Å². The summed E-state index contributed by atoms with van der Waals surface area (Å²) in [6.45, 7) is 1.94. The molecule has 2 aromatic rings. The van der Waals surface area contributed by atoms with Crippen molar-refractivity contribution >= 4 is 50.9 Å². The van der Waals surface area contributed by atoms with Gasteiger partial charge in [0.05, 0.1) is 30.1 Å². The maximum atomic E-state index is 5.91. The van der Waals surface area contributed by atoms with Gasteiger partial charge in [-0.3, -0.25) is 0 Å². The van der Waals surface area contributed by atoms with Crippen LogP contribution in [0.25, 0.3) is 10.9 Å². The Labute approximate surface area is 107 Å². The van der Waals surface area contributed by atoms with E-state index in [0.717, 1.165) is 16.6 Å². The van der Waals surface area contributed by atoms with Crippen LogP contribution in [-0.4, -0.2) is 21.6 Å². The van der Waals surface area contributed by atoms with Crippen LogP contribution in [0.5, 0.6) is 5.88 Å². The number of halogens is 2. The molecule has 0 aliphatic rings. The summed E-state index contributed by atoms with van der Waals surface area (Å²) in [6, 6.07) is 1.81. The number of ether oxygens (including phenoxy) is 1. The Bertz CT molecular complexity index is 516. The summed E-state index contributed by atoms with van der Waals surface area (Å²) < 4.78 is 7.10. The summed E-state index contributed by atoms with van der Waals surface area (Å²) in [5.41, 5.74) is 1.88. The van der Waals surface area contributed by atoms with E-state index in [1.807, 2.05) is 17.4 Å². The molecule has 2 heterocycles. The molecule has 0 bridgehead atoms. The van der Waals surface area contributed by atoms with Gasteiger partial charge in [-0.15, -0.1) is 0 Å². The monoisotopic (exact) mass is 355 g/mol. The normalized spacial score (nSPS) is 11.7. The van der Waals surface area contributed by atoms with Gasteiger partial charge in [-0.2, -0.15) is 5.10 Å². The summed E-state index contributed by atoms with van der Waals surface area (Å²) in [5, 5.41) is 5.76. The van der Waals surface area contributed by atoms with Crippen LogP contribution < -0.4 is 4.74 Å². The van der Waals surface area contributed by atoms with Crippen molar-refractivity contribution in [2.45, 2.75) is 6.92 Å².